The summed E-state index contributed by atoms with van der Waals surface area (Å²) in [4.78, 5) is 10.8. The summed E-state index contributed by atoms with van der Waals surface area (Å²) >= 11 is 0. The third-order valence-corrected chi connectivity index (χ3v) is 3.37. The lowest BCUT2D eigenvalue weighted by atomic mass is 9.99. The molecule has 5 heteroatoms. The number of carbonyl (C=O) groups is 1. The van der Waals surface area contributed by atoms with Gasteiger partial charge in [0, 0.05) is 13.5 Å². The average molecular weight is 289 g/mol. The van der Waals surface area contributed by atoms with Crippen molar-refractivity contribution < 1.29 is 20.1 Å². The van der Waals surface area contributed by atoms with Crippen LogP contribution in [0.4, 0.5) is 0 Å². The number of phenols is 1. The highest BCUT2D eigenvalue weighted by Gasteiger charge is 2.18. The molecule has 0 spiro atoms. The minimum atomic E-state index is -1.04. The molecule has 0 bridgehead atoms. The van der Waals surface area contributed by atoms with Crippen molar-refractivity contribution in [1.82, 2.24) is 5.32 Å². The molecule has 0 radical (unpaired) electrons. The minimum absolute atomic E-state index is 0.153. The van der Waals surface area contributed by atoms with Crippen LogP contribution in [0.2, 0.25) is 0 Å². The molecule has 0 fully saturated rings. The number of benzene rings is 2. The van der Waals surface area contributed by atoms with E-state index >= 15 is 0 Å². The van der Waals surface area contributed by atoms with E-state index in [4.69, 9.17) is 0 Å². The fourth-order valence-electron chi connectivity index (χ4n) is 2.21. The summed E-state index contributed by atoms with van der Waals surface area (Å²) in [6, 6.07) is 10.3. The van der Waals surface area contributed by atoms with Gasteiger partial charge in [0.2, 0.25) is 5.91 Å². The Morgan fingerprint density at radius 3 is 2.57 bits per heavy atom. The first-order valence-corrected chi connectivity index (χ1v) is 6.80. The molecule has 0 aromatic heterocycles. The minimum Gasteiger partial charge on any atom is -0.508 e. The van der Waals surface area contributed by atoms with Crippen molar-refractivity contribution >= 4 is 16.7 Å². The molecule has 0 heterocycles. The second kappa shape index (κ2) is 6.56. The van der Waals surface area contributed by atoms with Crippen LogP contribution in [0.15, 0.2) is 36.4 Å². The Morgan fingerprint density at radius 1 is 1.14 bits per heavy atom. The number of hydrogen-bond acceptors (Lipinski definition) is 4. The van der Waals surface area contributed by atoms with Gasteiger partial charge in [0.25, 0.3) is 0 Å². The first-order valence-electron chi connectivity index (χ1n) is 6.80. The summed E-state index contributed by atoms with van der Waals surface area (Å²) in [7, 11) is 0. The number of aromatic hydroxyl groups is 1. The van der Waals surface area contributed by atoms with Gasteiger partial charge in [-0.3, -0.25) is 4.79 Å². The molecule has 0 saturated carbocycles. The molecule has 1 amide bonds. The largest absolute Gasteiger partial charge is 0.508 e. The monoisotopic (exact) mass is 289 g/mol. The zero-order chi connectivity index (χ0) is 15.4. The normalized spacial score (nSPS) is 13.9. The van der Waals surface area contributed by atoms with Crippen LogP contribution in [-0.2, 0) is 4.79 Å². The Balaban J connectivity index is 2.11. The standard InChI is InChI=1S/C16H19NO4/c1-10(18)17-7-6-15(20)16(21)12-3-2-11-4-5-14(19)9-13(11)8-12/h2-5,8-9,15-16,19-21H,6-7H2,1H3,(H,17,18). The highest BCUT2D eigenvalue weighted by Crippen LogP contribution is 2.26. The summed E-state index contributed by atoms with van der Waals surface area (Å²) in [5.41, 5.74) is 0.573. The van der Waals surface area contributed by atoms with Crippen LogP contribution in [-0.4, -0.2) is 33.9 Å². The second-order valence-electron chi connectivity index (χ2n) is 5.07. The number of carbonyl (C=O) groups excluding carboxylic acids is 1. The van der Waals surface area contributed by atoms with Gasteiger partial charge < -0.3 is 20.6 Å². The zero-order valence-electron chi connectivity index (χ0n) is 11.8. The summed E-state index contributed by atoms with van der Waals surface area (Å²) < 4.78 is 0. The molecule has 2 aromatic rings. The van der Waals surface area contributed by atoms with Crippen molar-refractivity contribution in [1.29, 1.82) is 0 Å². The molecule has 112 valence electrons. The summed E-state index contributed by atoms with van der Waals surface area (Å²) in [6.07, 6.45) is -1.74. The van der Waals surface area contributed by atoms with Crippen molar-refractivity contribution in [3.8, 4) is 5.75 Å². The number of phenolic OH excluding ortho intramolecular Hbond substituents is 1. The molecule has 5 nitrogen and oxygen atoms in total. The Labute approximate surface area is 122 Å². The van der Waals surface area contributed by atoms with Crippen LogP contribution in [0.25, 0.3) is 10.8 Å². The Morgan fingerprint density at radius 2 is 1.86 bits per heavy atom. The van der Waals surface area contributed by atoms with Gasteiger partial charge in [0.1, 0.15) is 11.9 Å². The van der Waals surface area contributed by atoms with Crippen molar-refractivity contribution in [2.45, 2.75) is 25.6 Å². The van der Waals surface area contributed by atoms with E-state index in [2.05, 4.69) is 5.32 Å². The number of fused-ring (bicyclic) bond motifs is 1. The van der Waals surface area contributed by atoms with E-state index in [0.29, 0.717) is 12.1 Å². The van der Waals surface area contributed by atoms with Gasteiger partial charge in [0.15, 0.2) is 0 Å². The molecule has 2 aromatic carbocycles. The van der Waals surface area contributed by atoms with Crippen LogP contribution in [0.5, 0.6) is 5.75 Å². The molecule has 4 N–H and O–H groups in total. The van der Waals surface area contributed by atoms with Crippen molar-refractivity contribution in [3.63, 3.8) is 0 Å². The van der Waals surface area contributed by atoms with Crippen LogP contribution >= 0.6 is 0 Å². The van der Waals surface area contributed by atoms with Gasteiger partial charge in [-0.25, -0.2) is 0 Å². The lowest BCUT2D eigenvalue weighted by molar-refractivity contribution is -0.119. The van der Waals surface area contributed by atoms with E-state index < -0.39 is 12.2 Å². The number of aliphatic hydroxyl groups is 2. The molecular weight excluding hydrogens is 270 g/mol. The van der Waals surface area contributed by atoms with Crippen molar-refractivity contribution in [3.05, 3.63) is 42.0 Å². The van der Waals surface area contributed by atoms with Gasteiger partial charge in [-0.05, 0) is 41.0 Å². The fraction of sp³-hybridized carbons (Fsp3) is 0.312. The van der Waals surface area contributed by atoms with E-state index in [1.807, 2.05) is 6.07 Å². The van der Waals surface area contributed by atoms with Crippen LogP contribution in [0.1, 0.15) is 25.0 Å². The highest BCUT2D eigenvalue weighted by atomic mass is 16.3. The van der Waals surface area contributed by atoms with Crippen LogP contribution < -0.4 is 5.32 Å². The predicted octanol–water partition coefficient (Wildman–Crippen LogP) is 1.47. The topological polar surface area (TPSA) is 89.8 Å². The first kappa shape index (κ1) is 15.3. The van der Waals surface area contributed by atoms with Crippen LogP contribution in [0.3, 0.4) is 0 Å². The molecule has 2 rings (SSSR count). The molecular formula is C16H19NO4. The summed E-state index contributed by atoms with van der Waals surface area (Å²) in [5.74, 6) is -0.0155. The number of rotatable bonds is 5. The number of aliphatic hydroxyl groups excluding tert-OH is 2. The molecule has 2 unspecified atom stereocenters. The smallest absolute Gasteiger partial charge is 0.216 e. The lowest BCUT2D eigenvalue weighted by Gasteiger charge is -2.18. The van der Waals surface area contributed by atoms with E-state index in [9.17, 15) is 20.1 Å². The zero-order valence-corrected chi connectivity index (χ0v) is 11.8. The maximum atomic E-state index is 10.8. The van der Waals surface area contributed by atoms with Crippen molar-refractivity contribution in [2.24, 2.45) is 0 Å². The quantitative estimate of drug-likeness (QED) is 0.671. The third-order valence-electron chi connectivity index (χ3n) is 3.37. The van der Waals surface area contributed by atoms with Gasteiger partial charge >= 0.3 is 0 Å². The average Bonchev–Trinajstić information content (AvgIpc) is 2.45. The highest BCUT2D eigenvalue weighted by molar-refractivity contribution is 5.84. The Hall–Kier alpha value is -2.11. The van der Waals surface area contributed by atoms with Crippen LogP contribution in [0, 0.1) is 0 Å². The van der Waals surface area contributed by atoms with Gasteiger partial charge in [-0.1, -0.05) is 18.2 Å². The number of nitrogens with one attached hydrogen (secondary N) is 1. The van der Waals surface area contributed by atoms with E-state index in [1.54, 1.807) is 30.3 Å². The number of hydrogen-bond donors (Lipinski definition) is 4. The molecule has 2 atom stereocenters. The third kappa shape index (κ3) is 3.93. The van der Waals surface area contributed by atoms with E-state index in [1.165, 1.54) is 6.92 Å². The lowest BCUT2D eigenvalue weighted by Crippen LogP contribution is -2.27. The molecule has 0 aliphatic rings. The SMILES string of the molecule is CC(=O)NCCC(O)C(O)c1ccc2ccc(O)cc2c1. The van der Waals surface area contributed by atoms with E-state index in [-0.39, 0.29) is 18.1 Å². The van der Waals surface area contributed by atoms with Gasteiger partial charge in [-0.2, -0.15) is 0 Å². The Kier molecular flexibility index (Phi) is 4.77. The number of amides is 1. The molecule has 0 saturated heterocycles. The van der Waals surface area contributed by atoms with Gasteiger partial charge in [-0.15, -0.1) is 0 Å². The fourth-order valence-corrected chi connectivity index (χ4v) is 2.21. The van der Waals surface area contributed by atoms with E-state index in [0.717, 1.165) is 10.8 Å². The summed E-state index contributed by atoms with van der Waals surface area (Å²) in [5, 5.41) is 33.9. The van der Waals surface area contributed by atoms with Gasteiger partial charge in [0.05, 0.1) is 6.10 Å². The molecule has 0 aliphatic heterocycles. The maximum Gasteiger partial charge on any atom is 0.216 e. The molecule has 21 heavy (non-hydrogen) atoms. The maximum absolute atomic E-state index is 10.8. The predicted molar refractivity (Wildman–Crippen MR) is 79.9 cm³/mol. The first-order chi connectivity index (χ1) is 9.97. The molecule has 0 aliphatic carbocycles. The summed E-state index contributed by atoms with van der Waals surface area (Å²) in [6.45, 7) is 1.71. The van der Waals surface area contributed by atoms with Crippen molar-refractivity contribution in [2.75, 3.05) is 6.54 Å². The second-order valence-corrected chi connectivity index (χ2v) is 5.07. The Bertz CT molecular complexity index is 641.